The number of hydrogen-bond donors (Lipinski definition) is 1. The Labute approximate surface area is 78.8 Å². The van der Waals surface area contributed by atoms with Gasteiger partial charge in [0.2, 0.25) is 0 Å². The third-order valence-electron chi connectivity index (χ3n) is 2.18. The second-order valence-electron chi connectivity index (χ2n) is 3.31. The van der Waals surface area contributed by atoms with E-state index in [1.54, 1.807) is 0 Å². The highest BCUT2D eigenvalue weighted by Gasteiger charge is 2.02. The summed E-state index contributed by atoms with van der Waals surface area (Å²) < 4.78 is 0. The van der Waals surface area contributed by atoms with Crippen LogP contribution >= 0.6 is 0 Å². The summed E-state index contributed by atoms with van der Waals surface area (Å²) in [5.74, 6) is 0. The molecular weight excluding hydrogens is 158 g/mol. The van der Waals surface area contributed by atoms with Crippen molar-refractivity contribution < 1.29 is 0 Å². The molecule has 0 saturated carbocycles. The fourth-order valence-electron chi connectivity index (χ4n) is 1.39. The largest absolute Gasteiger partial charge is 0.381 e. The summed E-state index contributed by atoms with van der Waals surface area (Å²) in [7, 11) is 0. The first-order chi connectivity index (χ1) is 6.36. The molecule has 1 heteroatoms. The molecule has 0 unspecified atom stereocenters. The van der Waals surface area contributed by atoms with E-state index in [9.17, 15) is 0 Å². The molecule has 0 atom stereocenters. The maximum absolute atomic E-state index is 3.38. The molecule has 0 bridgehead atoms. The summed E-state index contributed by atoms with van der Waals surface area (Å²) in [6, 6.07) is 10.4. The molecule has 66 valence electrons. The lowest BCUT2D eigenvalue weighted by Gasteiger charge is -2.14. The van der Waals surface area contributed by atoms with E-state index in [1.165, 1.54) is 16.8 Å². The van der Waals surface area contributed by atoms with Crippen LogP contribution in [0.1, 0.15) is 12.5 Å². The topological polar surface area (TPSA) is 12.0 Å². The summed E-state index contributed by atoms with van der Waals surface area (Å²) in [6.07, 6.45) is 4.30. The highest BCUT2D eigenvalue weighted by Crippen LogP contribution is 2.14. The van der Waals surface area contributed by atoms with Gasteiger partial charge in [0.05, 0.1) is 0 Å². The van der Waals surface area contributed by atoms with Crippen LogP contribution in [0, 0.1) is 0 Å². The molecule has 0 saturated heterocycles. The standard InChI is InChI=1S/C12H13N/c1-10-7-8-12(13-9-10)11-5-3-2-4-6-11/h2-8,13H,9H2,1H3. The molecule has 2 rings (SSSR count). The average Bonchev–Trinajstić information content (AvgIpc) is 2.20. The van der Waals surface area contributed by atoms with E-state index in [2.05, 4.69) is 48.7 Å². The summed E-state index contributed by atoms with van der Waals surface area (Å²) >= 11 is 0. The van der Waals surface area contributed by atoms with Gasteiger partial charge in [-0.25, -0.2) is 0 Å². The van der Waals surface area contributed by atoms with Crippen LogP contribution in [0.4, 0.5) is 0 Å². The van der Waals surface area contributed by atoms with E-state index >= 15 is 0 Å². The van der Waals surface area contributed by atoms with Crippen LogP contribution in [-0.2, 0) is 0 Å². The van der Waals surface area contributed by atoms with Crippen molar-refractivity contribution in [3.05, 3.63) is 53.6 Å². The second kappa shape index (κ2) is 3.48. The summed E-state index contributed by atoms with van der Waals surface area (Å²) in [4.78, 5) is 0. The van der Waals surface area contributed by atoms with Crippen molar-refractivity contribution in [2.75, 3.05) is 6.54 Å². The van der Waals surface area contributed by atoms with Gasteiger partial charge in [-0.15, -0.1) is 0 Å². The van der Waals surface area contributed by atoms with Crippen LogP contribution < -0.4 is 5.32 Å². The third-order valence-corrected chi connectivity index (χ3v) is 2.18. The lowest BCUT2D eigenvalue weighted by molar-refractivity contribution is 0.941. The first-order valence-corrected chi connectivity index (χ1v) is 4.53. The van der Waals surface area contributed by atoms with Gasteiger partial charge in [0.1, 0.15) is 0 Å². The molecule has 1 nitrogen and oxygen atoms in total. The van der Waals surface area contributed by atoms with Crippen LogP contribution in [0.15, 0.2) is 48.1 Å². The minimum absolute atomic E-state index is 0.959. The van der Waals surface area contributed by atoms with Gasteiger partial charge in [0.25, 0.3) is 0 Å². The van der Waals surface area contributed by atoms with E-state index in [4.69, 9.17) is 0 Å². The molecule has 1 aliphatic rings. The number of allylic oxidation sites excluding steroid dienone is 2. The van der Waals surface area contributed by atoms with E-state index in [1.807, 2.05) is 6.07 Å². The van der Waals surface area contributed by atoms with Gasteiger partial charge < -0.3 is 5.32 Å². The highest BCUT2D eigenvalue weighted by atomic mass is 14.9. The van der Waals surface area contributed by atoms with E-state index in [0.717, 1.165) is 6.54 Å². The van der Waals surface area contributed by atoms with Gasteiger partial charge in [-0.05, 0) is 18.6 Å². The Morgan fingerprint density at radius 3 is 2.46 bits per heavy atom. The Morgan fingerprint density at radius 2 is 1.85 bits per heavy atom. The highest BCUT2D eigenvalue weighted by molar-refractivity contribution is 5.66. The van der Waals surface area contributed by atoms with Crippen molar-refractivity contribution in [2.45, 2.75) is 6.92 Å². The van der Waals surface area contributed by atoms with Crippen molar-refractivity contribution in [3.63, 3.8) is 0 Å². The molecule has 1 N–H and O–H groups in total. The Morgan fingerprint density at radius 1 is 1.08 bits per heavy atom. The maximum Gasteiger partial charge on any atom is 0.0416 e. The van der Waals surface area contributed by atoms with Crippen LogP contribution in [0.3, 0.4) is 0 Å². The number of rotatable bonds is 1. The fourth-order valence-corrected chi connectivity index (χ4v) is 1.39. The molecule has 1 heterocycles. The van der Waals surface area contributed by atoms with E-state index < -0.39 is 0 Å². The Kier molecular flexibility index (Phi) is 2.17. The Balaban J connectivity index is 2.29. The first-order valence-electron chi connectivity index (χ1n) is 4.53. The predicted octanol–water partition coefficient (Wildman–Crippen LogP) is 2.58. The zero-order valence-electron chi connectivity index (χ0n) is 7.75. The molecule has 0 radical (unpaired) electrons. The Hall–Kier alpha value is -1.50. The zero-order chi connectivity index (χ0) is 9.10. The molecule has 1 aliphatic heterocycles. The molecule has 1 aromatic carbocycles. The van der Waals surface area contributed by atoms with Crippen molar-refractivity contribution in [1.82, 2.24) is 5.32 Å². The quantitative estimate of drug-likeness (QED) is 0.684. The molecule has 0 aromatic heterocycles. The van der Waals surface area contributed by atoms with E-state index in [0.29, 0.717) is 0 Å². The van der Waals surface area contributed by atoms with Crippen LogP contribution in [-0.4, -0.2) is 6.54 Å². The van der Waals surface area contributed by atoms with Crippen molar-refractivity contribution in [3.8, 4) is 0 Å². The number of benzene rings is 1. The van der Waals surface area contributed by atoms with Crippen molar-refractivity contribution in [1.29, 1.82) is 0 Å². The third kappa shape index (κ3) is 1.81. The normalized spacial score (nSPS) is 15.8. The first kappa shape index (κ1) is 8.11. The minimum Gasteiger partial charge on any atom is -0.381 e. The average molecular weight is 171 g/mol. The zero-order valence-corrected chi connectivity index (χ0v) is 7.75. The van der Waals surface area contributed by atoms with Crippen LogP contribution in [0.2, 0.25) is 0 Å². The van der Waals surface area contributed by atoms with Gasteiger partial charge in [0, 0.05) is 12.2 Å². The van der Waals surface area contributed by atoms with Crippen LogP contribution in [0.5, 0.6) is 0 Å². The summed E-state index contributed by atoms with van der Waals surface area (Å²) in [5.41, 5.74) is 3.84. The lowest BCUT2D eigenvalue weighted by atomic mass is 10.1. The van der Waals surface area contributed by atoms with Gasteiger partial charge >= 0.3 is 0 Å². The molecular formula is C12H13N. The summed E-state index contributed by atoms with van der Waals surface area (Å²) in [6.45, 7) is 3.09. The van der Waals surface area contributed by atoms with Gasteiger partial charge in [0.15, 0.2) is 0 Å². The molecule has 1 aromatic rings. The molecule has 0 spiro atoms. The second-order valence-corrected chi connectivity index (χ2v) is 3.31. The SMILES string of the molecule is CC1=CC=C(c2ccccc2)NC1. The van der Waals surface area contributed by atoms with Gasteiger partial charge in [-0.2, -0.15) is 0 Å². The van der Waals surface area contributed by atoms with Crippen molar-refractivity contribution >= 4 is 5.70 Å². The van der Waals surface area contributed by atoms with Crippen LogP contribution in [0.25, 0.3) is 5.70 Å². The van der Waals surface area contributed by atoms with Crippen molar-refractivity contribution in [2.24, 2.45) is 0 Å². The molecule has 0 aliphatic carbocycles. The smallest absolute Gasteiger partial charge is 0.0416 e. The molecule has 0 amide bonds. The fraction of sp³-hybridized carbons (Fsp3) is 0.167. The summed E-state index contributed by atoms with van der Waals surface area (Å²) in [5, 5.41) is 3.38. The molecule has 0 fully saturated rings. The lowest BCUT2D eigenvalue weighted by Crippen LogP contribution is -2.17. The number of nitrogens with one attached hydrogen (secondary N) is 1. The van der Waals surface area contributed by atoms with Gasteiger partial charge in [-0.3, -0.25) is 0 Å². The van der Waals surface area contributed by atoms with Gasteiger partial charge in [-0.1, -0.05) is 42.0 Å². The van der Waals surface area contributed by atoms with E-state index in [-0.39, 0.29) is 0 Å². The monoisotopic (exact) mass is 171 g/mol. The molecule has 13 heavy (non-hydrogen) atoms. The number of hydrogen-bond acceptors (Lipinski definition) is 1. The number of dihydropyridines is 1. The Bertz CT molecular complexity index is 347. The minimum atomic E-state index is 0.959. The predicted molar refractivity (Wildman–Crippen MR) is 56.2 cm³/mol. The maximum atomic E-state index is 3.38.